The van der Waals surface area contributed by atoms with Crippen LogP contribution >= 0.6 is 0 Å². The molecular weight excluding hydrogens is 166 g/mol. The molecule has 13 heavy (non-hydrogen) atoms. The van der Waals surface area contributed by atoms with E-state index in [9.17, 15) is 9.59 Å². The average molecular weight is 181 g/mol. The third kappa shape index (κ3) is 1.79. The lowest BCUT2D eigenvalue weighted by Gasteiger charge is -2.13. The molecule has 72 valence electrons. The second kappa shape index (κ2) is 3.73. The summed E-state index contributed by atoms with van der Waals surface area (Å²) in [6, 6.07) is 0. The van der Waals surface area contributed by atoms with Gasteiger partial charge in [0.25, 0.3) is 5.91 Å². The fourth-order valence-electron chi connectivity index (χ4n) is 1.55. The first-order valence-corrected chi connectivity index (χ1v) is 4.59. The van der Waals surface area contributed by atoms with Crippen LogP contribution in [0.15, 0.2) is 12.2 Å². The summed E-state index contributed by atoms with van der Waals surface area (Å²) in [7, 11) is 0. The number of carbonyl (C=O) groups is 2. The van der Waals surface area contributed by atoms with E-state index in [1.165, 1.54) is 4.90 Å². The van der Waals surface area contributed by atoms with Crippen LogP contribution < -0.4 is 0 Å². The maximum Gasteiger partial charge on any atom is 0.255 e. The van der Waals surface area contributed by atoms with E-state index < -0.39 is 0 Å². The Morgan fingerprint density at radius 2 is 2.31 bits per heavy atom. The number of hydrogen-bond donors (Lipinski definition) is 0. The van der Waals surface area contributed by atoms with Crippen LogP contribution in [0.5, 0.6) is 0 Å². The third-order valence-corrected chi connectivity index (χ3v) is 2.42. The quantitative estimate of drug-likeness (QED) is 0.603. The molecule has 0 spiro atoms. The van der Waals surface area contributed by atoms with Crippen molar-refractivity contribution >= 4 is 11.8 Å². The van der Waals surface area contributed by atoms with Gasteiger partial charge in [0, 0.05) is 18.0 Å². The Morgan fingerprint density at radius 1 is 1.69 bits per heavy atom. The average Bonchev–Trinajstić information content (AvgIpc) is 2.45. The lowest BCUT2D eigenvalue weighted by molar-refractivity contribution is -0.141. The van der Waals surface area contributed by atoms with Crippen molar-refractivity contribution in [3.8, 4) is 0 Å². The van der Waals surface area contributed by atoms with Crippen LogP contribution in [0.1, 0.15) is 26.7 Å². The fourth-order valence-corrected chi connectivity index (χ4v) is 1.55. The molecular formula is C10H15NO2. The normalized spacial score (nSPS) is 22.2. The summed E-state index contributed by atoms with van der Waals surface area (Å²) in [6.07, 6.45) is 1.62. The lowest BCUT2D eigenvalue weighted by Crippen LogP contribution is -2.33. The molecule has 1 rings (SSSR count). The number of carbonyl (C=O) groups excluding carboxylic acids is 2. The van der Waals surface area contributed by atoms with E-state index in [0.717, 1.165) is 12.8 Å². The van der Waals surface area contributed by atoms with Crippen molar-refractivity contribution in [3.63, 3.8) is 0 Å². The number of likely N-dealkylation sites (tertiary alicyclic amines) is 1. The molecule has 1 heterocycles. The highest BCUT2D eigenvalue weighted by atomic mass is 16.2. The van der Waals surface area contributed by atoms with Gasteiger partial charge in [-0.15, -0.1) is 0 Å². The molecule has 1 unspecified atom stereocenters. The summed E-state index contributed by atoms with van der Waals surface area (Å²) in [4.78, 5) is 24.3. The van der Waals surface area contributed by atoms with E-state index in [2.05, 4.69) is 6.58 Å². The topological polar surface area (TPSA) is 37.4 Å². The minimum atomic E-state index is -0.221. The minimum Gasteiger partial charge on any atom is -0.279 e. The largest absolute Gasteiger partial charge is 0.279 e. The minimum absolute atomic E-state index is 0.0319. The summed E-state index contributed by atoms with van der Waals surface area (Å²) < 4.78 is 0. The number of nitrogens with zero attached hydrogens (tertiary/aromatic N) is 1. The third-order valence-electron chi connectivity index (χ3n) is 2.42. The number of rotatable bonds is 2. The van der Waals surface area contributed by atoms with Gasteiger partial charge in [0.1, 0.15) is 0 Å². The van der Waals surface area contributed by atoms with Crippen LogP contribution in [0.2, 0.25) is 0 Å². The van der Waals surface area contributed by atoms with Gasteiger partial charge in [-0.3, -0.25) is 14.5 Å². The molecule has 0 aromatic rings. The molecule has 1 saturated heterocycles. The molecule has 1 aliphatic rings. The molecule has 0 aromatic carbocycles. The highest BCUT2D eigenvalue weighted by Crippen LogP contribution is 2.21. The van der Waals surface area contributed by atoms with Crippen molar-refractivity contribution in [1.29, 1.82) is 0 Å². The predicted molar refractivity (Wildman–Crippen MR) is 49.9 cm³/mol. The Bertz CT molecular complexity index is 258. The molecule has 0 saturated carbocycles. The summed E-state index contributed by atoms with van der Waals surface area (Å²) >= 11 is 0. The van der Waals surface area contributed by atoms with E-state index >= 15 is 0 Å². The Hall–Kier alpha value is -1.12. The molecule has 0 aliphatic carbocycles. The smallest absolute Gasteiger partial charge is 0.255 e. The van der Waals surface area contributed by atoms with Crippen molar-refractivity contribution in [2.75, 3.05) is 6.54 Å². The van der Waals surface area contributed by atoms with E-state index in [1.54, 1.807) is 6.92 Å². The molecule has 3 nitrogen and oxygen atoms in total. The van der Waals surface area contributed by atoms with E-state index in [4.69, 9.17) is 0 Å². The molecule has 0 N–H and O–H groups in total. The summed E-state index contributed by atoms with van der Waals surface area (Å²) in [5.74, 6) is -0.209. The Morgan fingerprint density at radius 3 is 2.69 bits per heavy atom. The zero-order chi connectivity index (χ0) is 10.0. The van der Waals surface area contributed by atoms with Gasteiger partial charge in [-0.2, -0.15) is 0 Å². The molecule has 0 aromatic heterocycles. The van der Waals surface area contributed by atoms with Crippen LogP contribution in [0.3, 0.4) is 0 Å². The second-order valence-electron chi connectivity index (χ2n) is 3.47. The molecule has 2 amide bonds. The first-order valence-electron chi connectivity index (χ1n) is 4.59. The Labute approximate surface area is 78.4 Å². The lowest BCUT2D eigenvalue weighted by atomic mass is 10.1. The Kier molecular flexibility index (Phi) is 2.86. The maximum absolute atomic E-state index is 11.5. The van der Waals surface area contributed by atoms with Crippen molar-refractivity contribution in [2.45, 2.75) is 26.7 Å². The summed E-state index contributed by atoms with van der Waals surface area (Å²) in [5.41, 5.74) is 0.435. The zero-order valence-electron chi connectivity index (χ0n) is 8.17. The van der Waals surface area contributed by atoms with E-state index in [0.29, 0.717) is 12.1 Å². The second-order valence-corrected chi connectivity index (χ2v) is 3.47. The van der Waals surface area contributed by atoms with E-state index in [1.807, 2.05) is 6.92 Å². The molecule has 0 radical (unpaired) electrons. The van der Waals surface area contributed by atoms with Crippen molar-refractivity contribution in [2.24, 2.45) is 5.92 Å². The number of imide groups is 1. The highest BCUT2D eigenvalue weighted by molar-refractivity contribution is 6.05. The Balaban J connectivity index is 2.70. The first-order chi connectivity index (χ1) is 6.07. The summed E-state index contributed by atoms with van der Waals surface area (Å²) in [6.45, 7) is 7.70. The van der Waals surface area contributed by atoms with Gasteiger partial charge in [0.2, 0.25) is 5.91 Å². The van der Waals surface area contributed by atoms with Crippen LogP contribution in [0.25, 0.3) is 0 Å². The van der Waals surface area contributed by atoms with Crippen molar-refractivity contribution in [3.05, 3.63) is 12.2 Å². The van der Waals surface area contributed by atoms with Gasteiger partial charge in [-0.25, -0.2) is 0 Å². The number of hydrogen-bond acceptors (Lipinski definition) is 2. The maximum atomic E-state index is 11.5. The number of amides is 2. The SMILES string of the molecule is C=C(C)C(=O)N1CCC(CC)C1=O. The van der Waals surface area contributed by atoms with Gasteiger partial charge in [0.05, 0.1) is 0 Å². The molecule has 1 fully saturated rings. The highest BCUT2D eigenvalue weighted by Gasteiger charge is 2.34. The standard InChI is InChI=1S/C10H15NO2/c1-4-8-5-6-11(10(8)13)9(12)7(2)3/h8H,2,4-6H2,1,3H3. The van der Waals surface area contributed by atoms with Crippen molar-refractivity contribution < 1.29 is 9.59 Å². The van der Waals surface area contributed by atoms with Crippen molar-refractivity contribution in [1.82, 2.24) is 4.90 Å². The zero-order valence-corrected chi connectivity index (χ0v) is 8.17. The van der Waals surface area contributed by atoms with Gasteiger partial charge in [0.15, 0.2) is 0 Å². The molecule has 3 heteroatoms. The molecule has 1 aliphatic heterocycles. The van der Waals surface area contributed by atoms with Gasteiger partial charge in [-0.05, 0) is 19.8 Å². The molecule has 0 bridgehead atoms. The van der Waals surface area contributed by atoms with Crippen LogP contribution in [0, 0.1) is 5.92 Å². The van der Waals surface area contributed by atoms with Gasteiger partial charge >= 0.3 is 0 Å². The first kappa shape index (κ1) is 9.96. The van der Waals surface area contributed by atoms with Crippen LogP contribution in [-0.2, 0) is 9.59 Å². The monoisotopic (exact) mass is 181 g/mol. The van der Waals surface area contributed by atoms with Crippen LogP contribution in [0.4, 0.5) is 0 Å². The predicted octanol–water partition coefficient (Wildman–Crippen LogP) is 1.35. The molecule has 1 atom stereocenters. The van der Waals surface area contributed by atoms with Gasteiger partial charge in [-0.1, -0.05) is 13.5 Å². The van der Waals surface area contributed by atoms with Gasteiger partial charge < -0.3 is 0 Å². The van der Waals surface area contributed by atoms with E-state index in [-0.39, 0.29) is 17.7 Å². The summed E-state index contributed by atoms with van der Waals surface area (Å²) in [5, 5.41) is 0. The fraction of sp³-hybridized carbons (Fsp3) is 0.600. The van der Waals surface area contributed by atoms with Crippen LogP contribution in [-0.4, -0.2) is 23.3 Å².